The Morgan fingerprint density at radius 1 is 1.26 bits per heavy atom. The number of pyridine rings is 1. The van der Waals surface area contributed by atoms with Crippen LogP contribution < -0.4 is 10.4 Å². The van der Waals surface area contributed by atoms with E-state index in [2.05, 4.69) is 30.2 Å². The van der Waals surface area contributed by atoms with Crippen molar-refractivity contribution in [3.8, 4) is 0 Å². The van der Waals surface area contributed by atoms with Crippen molar-refractivity contribution < 1.29 is 9.90 Å². The van der Waals surface area contributed by atoms with Gasteiger partial charge in [-0.2, -0.15) is 0 Å². The molecule has 4 heteroatoms. The third kappa shape index (κ3) is 3.52. The van der Waals surface area contributed by atoms with Gasteiger partial charge in [-0.05, 0) is 49.1 Å². The van der Waals surface area contributed by atoms with Crippen LogP contribution in [-0.4, -0.2) is 16.5 Å². The number of anilines is 1. The zero-order valence-corrected chi connectivity index (χ0v) is 16.0. The highest BCUT2D eigenvalue weighted by molar-refractivity contribution is 5.76. The molecular formula is C23H25N2O2-. The van der Waals surface area contributed by atoms with Crippen molar-refractivity contribution in [1.29, 1.82) is 0 Å². The van der Waals surface area contributed by atoms with Crippen molar-refractivity contribution in [3.63, 3.8) is 0 Å². The molecule has 0 bridgehead atoms. The molecule has 2 aromatic rings. The number of aromatic nitrogens is 1. The van der Waals surface area contributed by atoms with Crippen LogP contribution in [0.2, 0.25) is 0 Å². The third-order valence-electron chi connectivity index (χ3n) is 5.58. The normalized spacial score (nSPS) is 22.4. The van der Waals surface area contributed by atoms with E-state index in [0.29, 0.717) is 0 Å². The predicted octanol–water partition coefficient (Wildman–Crippen LogP) is 3.54. The molecule has 27 heavy (non-hydrogen) atoms. The van der Waals surface area contributed by atoms with Gasteiger partial charge >= 0.3 is 0 Å². The van der Waals surface area contributed by atoms with E-state index in [1.54, 1.807) is 18.3 Å². The zero-order valence-electron chi connectivity index (χ0n) is 16.0. The Kier molecular flexibility index (Phi) is 5.45. The minimum atomic E-state index is -1.09. The lowest BCUT2D eigenvalue weighted by Gasteiger charge is -2.46. The number of aryl methyl sites for hydroxylation is 1. The Hall–Kier alpha value is -2.88. The van der Waals surface area contributed by atoms with Crippen LogP contribution in [0.5, 0.6) is 0 Å². The van der Waals surface area contributed by atoms with Crippen LogP contribution in [0.15, 0.2) is 67.0 Å². The molecule has 0 fully saturated rings. The standard InChI is InChI=1S/C23H26N2O2/c1-4-19(18-10-8-14-24-15-18)23(13-6-5-11-20(23)22(26)27)25-21-12-7-9-16(2)17(21)3/h5-15,19-20,25H,4H2,1-3H3,(H,26,27)/p-1. The van der Waals surface area contributed by atoms with Crippen molar-refractivity contribution in [3.05, 3.63) is 83.7 Å². The number of carboxylic acids is 1. The fraction of sp³-hybridized carbons (Fsp3) is 0.304. The lowest BCUT2D eigenvalue weighted by Crippen LogP contribution is -2.55. The first-order valence-corrected chi connectivity index (χ1v) is 9.30. The number of rotatable bonds is 6. The maximum absolute atomic E-state index is 12.1. The molecule has 0 amide bonds. The molecule has 1 heterocycles. The van der Waals surface area contributed by atoms with Crippen molar-refractivity contribution in [2.24, 2.45) is 5.92 Å². The van der Waals surface area contributed by atoms with Gasteiger partial charge in [0.25, 0.3) is 0 Å². The monoisotopic (exact) mass is 361 g/mol. The molecule has 0 aliphatic heterocycles. The van der Waals surface area contributed by atoms with Crippen molar-refractivity contribution in [2.45, 2.75) is 38.6 Å². The van der Waals surface area contributed by atoms with Crippen LogP contribution >= 0.6 is 0 Å². The van der Waals surface area contributed by atoms with E-state index in [-0.39, 0.29) is 5.92 Å². The Balaban J connectivity index is 2.17. The van der Waals surface area contributed by atoms with Gasteiger partial charge in [-0.3, -0.25) is 4.98 Å². The molecule has 1 aromatic carbocycles. The maximum Gasteiger partial charge on any atom is 0.0742 e. The number of hydrogen-bond acceptors (Lipinski definition) is 4. The Morgan fingerprint density at radius 3 is 2.74 bits per heavy atom. The first-order valence-electron chi connectivity index (χ1n) is 9.30. The number of nitrogens with one attached hydrogen (secondary N) is 1. The molecule has 0 spiro atoms. The summed E-state index contributed by atoms with van der Waals surface area (Å²) in [5.74, 6) is -1.97. The molecule has 140 valence electrons. The van der Waals surface area contributed by atoms with Crippen molar-refractivity contribution >= 4 is 11.7 Å². The topological polar surface area (TPSA) is 65.0 Å². The van der Waals surface area contributed by atoms with Crippen LogP contribution in [0.4, 0.5) is 5.69 Å². The van der Waals surface area contributed by atoms with E-state index < -0.39 is 17.4 Å². The SMILES string of the molecule is CCC(c1cccnc1)C1(Nc2cccc(C)c2C)C=CC=CC1C(=O)[O-]. The van der Waals surface area contributed by atoms with Gasteiger partial charge in [0, 0.05) is 29.9 Å². The molecule has 1 aromatic heterocycles. The summed E-state index contributed by atoms with van der Waals surface area (Å²) in [6.45, 7) is 6.17. The van der Waals surface area contributed by atoms with Crippen LogP contribution in [0.3, 0.4) is 0 Å². The number of carbonyl (C=O) groups excluding carboxylic acids is 1. The van der Waals surface area contributed by atoms with Gasteiger partial charge in [-0.1, -0.05) is 49.4 Å². The summed E-state index contributed by atoms with van der Waals surface area (Å²) >= 11 is 0. The Bertz CT molecular complexity index is 873. The lowest BCUT2D eigenvalue weighted by atomic mass is 9.68. The van der Waals surface area contributed by atoms with E-state index in [1.165, 1.54) is 0 Å². The summed E-state index contributed by atoms with van der Waals surface area (Å²) in [5.41, 5.74) is 3.36. The number of allylic oxidation sites excluding steroid dienone is 2. The lowest BCUT2D eigenvalue weighted by molar-refractivity contribution is -0.311. The second-order valence-electron chi connectivity index (χ2n) is 7.09. The van der Waals surface area contributed by atoms with Crippen LogP contribution in [0, 0.1) is 19.8 Å². The molecule has 0 saturated carbocycles. The summed E-state index contributed by atoms with van der Waals surface area (Å²) in [7, 11) is 0. The quantitative estimate of drug-likeness (QED) is 0.855. The largest absolute Gasteiger partial charge is 0.549 e. The maximum atomic E-state index is 12.1. The number of aliphatic carboxylic acids is 1. The van der Waals surface area contributed by atoms with E-state index in [1.807, 2.05) is 49.5 Å². The van der Waals surface area contributed by atoms with Gasteiger partial charge in [0.1, 0.15) is 0 Å². The Labute approximate surface area is 160 Å². The number of benzene rings is 1. The minimum absolute atomic E-state index is 0.0878. The molecule has 0 saturated heterocycles. The highest BCUT2D eigenvalue weighted by atomic mass is 16.4. The number of carboxylic acid groups (broad SMARTS) is 1. The first kappa shape index (κ1) is 18.9. The number of hydrogen-bond donors (Lipinski definition) is 1. The first-order chi connectivity index (χ1) is 13.0. The molecule has 1 aliphatic rings. The summed E-state index contributed by atoms with van der Waals surface area (Å²) in [6, 6.07) is 9.93. The minimum Gasteiger partial charge on any atom is -0.549 e. The smallest absolute Gasteiger partial charge is 0.0742 e. The van der Waals surface area contributed by atoms with Gasteiger partial charge in [-0.15, -0.1) is 0 Å². The van der Waals surface area contributed by atoms with E-state index >= 15 is 0 Å². The summed E-state index contributed by atoms with van der Waals surface area (Å²) in [4.78, 5) is 16.4. The fourth-order valence-electron chi connectivity index (χ4n) is 4.02. The second kappa shape index (κ2) is 7.78. The van der Waals surface area contributed by atoms with Crippen molar-refractivity contribution in [2.75, 3.05) is 5.32 Å². The molecule has 1 N–H and O–H groups in total. The van der Waals surface area contributed by atoms with E-state index in [9.17, 15) is 9.90 Å². The average molecular weight is 361 g/mol. The number of carbonyl (C=O) groups is 1. The molecule has 1 aliphatic carbocycles. The highest BCUT2D eigenvalue weighted by Crippen LogP contribution is 2.43. The summed E-state index contributed by atoms with van der Waals surface area (Å²) < 4.78 is 0. The van der Waals surface area contributed by atoms with Crippen molar-refractivity contribution in [1.82, 2.24) is 4.98 Å². The number of nitrogens with zero attached hydrogens (tertiary/aromatic N) is 1. The zero-order chi connectivity index (χ0) is 19.4. The molecule has 3 rings (SSSR count). The molecular weight excluding hydrogens is 336 g/mol. The van der Waals surface area contributed by atoms with Gasteiger partial charge in [0.05, 0.1) is 11.5 Å². The van der Waals surface area contributed by atoms with Crippen LogP contribution in [0.25, 0.3) is 0 Å². The summed E-state index contributed by atoms with van der Waals surface area (Å²) in [5, 5.41) is 15.7. The molecule has 0 radical (unpaired) electrons. The van der Waals surface area contributed by atoms with E-state index in [4.69, 9.17) is 0 Å². The Morgan fingerprint density at radius 2 is 2.07 bits per heavy atom. The van der Waals surface area contributed by atoms with Gasteiger partial charge in [0.2, 0.25) is 0 Å². The highest BCUT2D eigenvalue weighted by Gasteiger charge is 2.44. The fourth-order valence-corrected chi connectivity index (χ4v) is 4.02. The van der Waals surface area contributed by atoms with Crippen LogP contribution in [-0.2, 0) is 4.79 Å². The summed E-state index contributed by atoms with van der Waals surface area (Å²) in [6.07, 6.45) is 11.7. The average Bonchev–Trinajstić information content (AvgIpc) is 2.67. The van der Waals surface area contributed by atoms with Gasteiger partial charge < -0.3 is 15.2 Å². The van der Waals surface area contributed by atoms with Gasteiger partial charge in [-0.25, -0.2) is 0 Å². The molecule has 4 nitrogen and oxygen atoms in total. The molecule has 3 unspecified atom stereocenters. The predicted molar refractivity (Wildman–Crippen MR) is 106 cm³/mol. The second-order valence-corrected chi connectivity index (χ2v) is 7.09. The van der Waals surface area contributed by atoms with Gasteiger partial charge in [0.15, 0.2) is 0 Å². The van der Waals surface area contributed by atoms with Crippen LogP contribution in [0.1, 0.15) is 36.0 Å². The molecule has 3 atom stereocenters. The van der Waals surface area contributed by atoms with E-state index in [0.717, 1.165) is 28.8 Å². The third-order valence-corrected chi connectivity index (χ3v) is 5.58.